The number of hydrogen-bond donors (Lipinski definition) is 2. The molecule has 0 radical (unpaired) electrons. The molecule has 0 aliphatic carbocycles. The number of nitrogens with one attached hydrogen (secondary N) is 2. The van der Waals surface area contributed by atoms with E-state index in [1.165, 1.54) is 0 Å². The van der Waals surface area contributed by atoms with Crippen LogP contribution in [-0.4, -0.2) is 34.0 Å². The number of carbonyl (C=O) groups excluding carboxylic acids is 1. The summed E-state index contributed by atoms with van der Waals surface area (Å²) in [5, 5.41) is 14.9. The predicted molar refractivity (Wildman–Crippen MR) is 85.6 cm³/mol. The molecular formula is C14H15Cl2N5O. The van der Waals surface area contributed by atoms with E-state index in [9.17, 15) is 4.79 Å². The van der Waals surface area contributed by atoms with E-state index < -0.39 is 0 Å². The van der Waals surface area contributed by atoms with Gasteiger partial charge in [0.1, 0.15) is 0 Å². The lowest BCUT2D eigenvalue weighted by Crippen LogP contribution is -2.29. The summed E-state index contributed by atoms with van der Waals surface area (Å²) in [5.74, 6) is -0.321. The second-order valence-electron chi connectivity index (χ2n) is 5.15. The molecule has 2 heterocycles. The Morgan fingerprint density at radius 3 is 2.77 bits per heavy atom. The van der Waals surface area contributed by atoms with Crippen LogP contribution in [-0.2, 0) is 0 Å². The third kappa shape index (κ3) is 3.40. The summed E-state index contributed by atoms with van der Waals surface area (Å²) < 4.78 is 1.77. The lowest BCUT2D eigenvalue weighted by molar-refractivity contribution is 0.102. The third-order valence-electron chi connectivity index (χ3n) is 3.60. The third-order valence-corrected chi connectivity index (χ3v) is 4.34. The smallest absolute Gasteiger partial charge is 0.277 e. The first-order valence-corrected chi connectivity index (χ1v) is 7.78. The number of rotatable bonds is 3. The number of hydrogen-bond acceptors (Lipinski definition) is 4. The predicted octanol–water partition coefficient (Wildman–Crippen LogP) is 2.76. The quantitative estimate of drug-likeness (QED) is 0.901. The molecule has 3 rings (SSSR count). The number of benzene rings is 1. The normalized spacial score (nSPS) is 15.7. The maximum absolute atomic E-state index is 12.2. The Balaban J connectivity index is 1.69. The average molecular weight is 340 g/mol. The van der Waals surface area contributed by atoms with Crippen molar-refractivity contribution in [1.82, 2.24) is 20.3 Å². The molecule has 22 heavy (non-hydrogen) atoms. The van der Waals surface area contributed by atoms with E-state index in [2.05, 4.69) is 20.9 Å². The zero-order valence-electron chi connectivity index (χ0n) is 11.7. The molecule has 2 N–H and O–H groups in total. The summed E-state index contributed by atoms with van der Waals surface area (Å²) >= 11 is 11.8. The van der Waals surface area contributed by atoms with Crippen molar-refractivity contribution in [1.29, 1.82) is 0 Å². The molecule has 1 aromatic carbocycles. The molecule has 0 atom stereocenters. The number of aromatic nitrogens is 3. The minimum absolute atomic E-state index is 0.282. The lowest BCUT2D eigenvalue weighted by atomic mass is 10.1. The molecule has 1 amide bonds. The van der Waals surface area contributed by atoms with Gasteiger partial charge >= 0.3 is 0 Å². The van der Waals surface area contributed by atoms with E-state index in [4.69, 9.17) is 23.2 Å². The molecule has 0 saturated carbocycles. The zero-order chi connectivity index (χ0) is 15.5. The van der Waals surface area contributed by atoms with Crippen molar-refractivity contribution in [2.75, 3.05) is 18.4 Å². The van der Waals surface area contributed by atoms with Gasteiger partial charge in [0.05, 0.1) is 22.3 Å². The summed E-state index contributed by atoms with van der Waals surface area (Å²) in [6.07, 6.45) is 3.65. The van der Waals surface area contributed by atoms with Gasteiger partial charge in [-0.2, -0.15) is 0 Å². The molecule has 1 aromatic heterocycles. The van der Waals surface area contributed by atoms with Gasteiger partial charge in [-0.15, -0.1) is 5.10 Å². The van der Waals surface area contributed by atoms with Crippen LogP contribution in [0.4, 0.5) is 5.69 Å². The molecule has 8 heteroatoms. The number of carbonyl (C=O) groups is 1. The largest absolute Gasteiger partial charge is 0.320 e. The molecule has 6 nitrogen and oxygen atoms in total. The van der Waals surface area contributed by atoms with Crippen molar-refractivity contribution in [3.63, 3.8) is 0 Å². The van der Waals surface area contributed by atoms with E-state index in [1.54, 1.807) is 29.1 Å². The Labute approximate surface area is 137 Å². The fourth-order valence-electron chi connectivity index (χ4n) is 2.40. The number of halogens is 2. The van der Waals surface area contributed by atoms with Crippen LogP contribution in [0.15, 0.2) is 24.4 Å². The van der Waals surface area contributed by atoms with E-state index in [0.717, 1.165) is 25.9 Å². The molecule has 1 aliphatic heterocycles. The highest BCUT2D eigenvalue weighted by molar-refractivity contribution is 6.42. The van der Waals surface area contributed by atoms with Gasteiger partial charge in [-0.25, -0.2) is 4.68 Å². The van der Waals surface area contributed by atoms with Crippen LogP contribution in [0.25, 0.3) is 0 Å². The molecule has 1 saturated heterocycles. The molecule has 0 bridgehead atoms. The Bertz CT molecular complexity index is 682. The minimum Gasteiger partial charge on any atom is -0.320 e. The van der Waals surface area contributed by atoms with Crippen LogP contribution in [0.3, 0.4) is 0 Å². The van der Waals surface area contributed by atoms with Crippen molar-refractivity contribution in [2.24, 2.45) is 0 Å². The lowest BCUT2D eigenvalue weighted by Gasteiger charge is -2.22. The molecule has 2 aromatic rings. The van der Waals surface area contributed by atoms with Gasteiger partial charge < -0.3 is 10.6 Å². The number of nitrogens with zero attached hydrogens (tertiary/aromatic N) is 3. The SMILES string of the molecule is O=C(Nc1ccc(Cl)c(Cl)c1)c1cn(C2CCNCC2)nn1. The fraction of sp³-hybridized carbons (Fsp3) is 0.357. The van der Waals surface area contributed by atoms with Gasteiger partial charge in [-0.1, -0.05) is 28.4 Å². The second kappa shape index (κ2) is 6.64. The molecule has 1 fully saturated rings. The van der Waals surface area contributed by atoms with Crippen molar-refractivity contribution in [2.45, 2.75) is 18.9 Å². The highest BCUT2D eigenvalue weighted by Gasteiger charge is 2.18. The van der Waals surface area contributed by atoms with Gasteiger partial charge in [0.25, 0.3) is 5.91 Å². The molecule has 0 spiro atoms. The standard InChI is InChI=1S/C14H15Cl2N5O/c15-11-2-1-9(7-12(11)16)18-14(22)13-8-21(20-19-13)10-3-5-17-6-4-10/h1-2,7-8,10,17H,3-6H2,(H,18,22). The van der Waals surface area contributed by atoms with Crippen LogP contribution >= 0.6 is 23.2 Å². The first-order valence-electron chi connectivity index (χ1n) is 7.02. The Hall–Kier alpha value is -1.63. The van der Waals surface area contributed by atoms with Crippen molar-refractivity contribution in [3.8, 4) is 0 Å². The van der Waals surface area contributed by atoms with Crippen molar-refractivity contribution < 1.29 is 4.79 Å². The molecular weight excluding hydrogens is 325 g/mol. The van der Waals surface area contributed by atoms with E-state index in [0.29, 0.717) is 21.8 Å². The summed E-state index contributed by atoms with van der Waals surface area (Å²) in [6.45, 7) is 1.91. The van der Waals surface area contributed by atoms with Gasteiger partial charge in [0, 0.05) is 5.69 Å². The first kappa shape index (κ1) is 15.3. The molecule has 0 unspecified atom stereocenters. The summed E-state index contributed by atoms with van der Waals surface area (Å²) in [5.41, 5.74) is 0.848. The summed E-state index contributed by atoms with van der Waals surface area (Å²) in [6, 6.07) is 5.20. The second-order valence-corrected chi connectivity index (χ2v) is 5.96. The van der Waals surface area contributed by atoms with Crippen LogP contribution in [0.2, 0.25) is 10.0 Å². The van der Waals surface area contributed by atoms with Crippen molar-refractivity contribution >= 4 is 34.8 Å². The monoisotopic (exact) mass is 339 g/mol. The van der Waals surface area contributed by atoms with Gasteiger partial charge in [0.2, 0.25) is 0 Å². The average Bonchev–Trinajstić information content (AvgIpc) is 3.02. The number of piperidine rings is 1. The first-order chi connectivity index (χ1) is 10.6. The van der Waals surface area contributed by atoms with Crippen molar-refractivity contribution in [3.05, 3.63) is 40.1 Å². The van der Waals surface area contributed by atoms with E-state index >= 15 is 0 Å². The maximum atomic E-state index is 12.2. The summed E-state index contributed by atoms with van der Waals surface area (Å²) in [4.78, 5) is 12.2. The number of amides is 1. The molecule has 116 valence electrons. The van der Waals surface area contributed by atoms with E-state index in [1.807, 2.05) is 0 Å². The highest BCUT2D eigenvalue weighted by atomic mass is 35.5. The van der Waals surface area contributed by atoms with Gasteiger partial charge in [0.15, 0.2) is 5.69 Å². The minimum atomic E-state index is -0.321. The maximum Gasteiger partial charge on any atom is 0.277 e. The summed E-state index contributed by atoms with van der Waals surface area (Å²) in [7, 11) is 0. The van der Waals surface area contributed by atoms with Gasteiger partial charge in [-0.05, 0) is 44.1 Å². The fourth-order valence-corrected chi connectivity index (χ4v) is 2.70. The van der Waals surface area contributed by atoms with Crippen LogP contribution in [0.1, 0.15) is 29.4 Å². The Kier molecular flexibility index (Phi) is 4.61. The molecule has 1 aliphatic rings. The Morgan fingerprint density at radius 1 is 1.27 bits per heavy atom. The van der Waals surface area contributed by atoms with E-state index in [-0.39, 0.29) is 11.6 Å². The van der Waals surface area contributed by atoms with Gasteiger partial charge in [-0.3, -0.25) is 4.79 Å². The topological polar surface area (TPSA) is 71.8 Å². The Morgan fingerprint density at radius 2 is 2.05 bits per heavy atom. The highest BCUT2D eigenvalue weighted by Crippen LogP contribution is 2.25. The van der Waals surface area contributed by atoms with Crippen LogP contribution in [0, 0.1) is 0 Å². The van der Waals surface area contributed by atoms with Crippen LogP contribution < -0.4 is 10.6 Å². The number of anilines is 1. The zero-order valence-corrected chi connectivity index (χ0v) is 13.2. The van der Waals surface area contributed by atoms with Crippen LogP contribution in [0.5, 0.6) is 0 Å².